The lowest BCUT2D eigenvalue weighted by Crippen LogP contribution is -2.23. The first-order valence-corrected chi connectivity index (χ1v) is 6.65. The third-order valence-electron chi connectivity index (χ3n) is 3.80. The second-order valence-electron chi connectivity index (χ2n) is 4.98. The summed E-state index contributed by atoms with van der Waals surface area (Å²) < 4.78 is 4.70. The molecule has 1 atom stereocenters. The van der Waals surface area contributed by atoms with Crippen LogP contribution in [-0.2, 0) is 10.3 Å². The average Bonchev–Trinajstić information content (AvgIpc) is 2.77. The molecule has 1 unspecified atom stereocenters. The first-order valence-electron chi connectivity index (χ1n) is 6.65. The number of benzene rings is 1. The molecule has 4 nitrogen and oxygen atoms in total. The van der Waals surface area contributed by atoms with Gasteiger partial charge in [0, 0.05) is 17.5 Å². The van der Waals surface area contributed by atoms with E-state index in [0.29, 0.717) is 17.7 Å². The molecule has 0 fully saturated rings. The molecule has 0 radical (unpaired) electrons. The van der Waals surface area contributed by atoms with Gasteiger partial charge in [-0.15, -0.1) is 6.58 Å². The van der Waals surface area contributed by atoms with Crippen molar-refractivity contribution in [2.75, 3.05) is 7.11 Å². The van der Waals surface area contributed by atoms with Gasteiger partial charge in [0.05, 0.1) is 12.8 Å². The predicted molar refractivity (Wildman–Crippen MR) is 78.8 cm³/mol. The van der Waals surface area contributed by atoms with Crippen LogP contribution in [0.5, 0.6) is 0 Å². The number of nitrogens with zero attached hydrogens (tertiary/aromatic N) is 1. The van der Waals surface area contributed by atoms with E-state index >= 15 is 0 Å². The van der Waals surface area contributed by atoms with Crippen LogP contribution in [0.2, 0.25) is 0 Å². The maximum atomic E-state index is 11.6. The Hall–Kier alpha value is -2.46. The van der Waals surface area contributed by atoms with Crippen molar-refractivity contribution in [3.8, 4) is 11.3 Å². The van der Waals surface area contributed by atoms with Crippen LogP contribution < -0.4 is 0 Å². The Kier molecular flexibility index (Phi) is 3.11. The standard InChI is InChI=1S/C17H15NO3/c1-3-10-17(20)12-7-5-4-6-11(12)15-13(17)8-9-14(18-15)16(19)21-2/h3-9,20H,1,10H2,2H3. The van der Waals surface area contributed by atoms with E-state index in [9.17, 15) is 9.90 Å². The van der Waals surface area contributed by atoms with Crippen molar-refractivity contribution in [1.29, 1.82) is 0 Å². The van der Waals surface area contributed by atoms with Gasteiger partial charge < -0.3 is 9.84 Å². The van der Waals surface area contributed by atoms with Crippen LogP contribution in [0.25, 0.3) is 11.3 Å². The van der Waals surface area contributed by atoms with Crippen LogP contribution in [0.15, 0.2) is 49.1 Å². The van der Waals surface area contributed by atoms with Crippen LogP contribution in [0.1, 0.15) is 28.0 Å². The number of carbonyl (C=O) groups excluding carboxylic acids is 1. The van der Waals surface area contributed by atoms with Gasteiger partial charge in [-0.1, -0.05) is 36.4 Å². The van der Waals surface area contributed by atoms with Gasteiger partial charge in [0.25, 0.3) is 0 Å². The summed E-state index contributed by atoms with van der Waals surface area (Å²) in [6.07, 6.45) is 2.07. The van der Waals surface area contributed by atoms with Crippen molar-refractivity contribution in [2.45, 2.75) is 12.0 Å². The first-order chi connectivity index (χ1) is 10.1. The SMILES string of the molecule is C=CCC1(O)c2ccccc2-c2nc(C(=O)OC)ccc21. The molecule has 106 valence electrons. The molecule has 0 saturated carbocycles. The molecule has 0 amide bonds. The highest BCUT2D eigenvalue weighted by atomic mass is 16.5. The molecular weight excluding hydrogens is 266 g/mol. The van der Waals surface area contributed by atoms with Crippen LogP contribution >= 0.6 is 0 Å². The van der Waals surface area contributed by atoms with Gasteiger partial charge in [-0.05, 0) is 11.6 Å². The zero-order valence-corrected chi connectivity index (χ0v) is 11.7. The molecule has 0 bridgehead atoms. The molecule has 1 heterocycles. The molecular formula is C17H15NO3. The van der Waals surface area contributed by atoms with Crippen LogP contribution in [0, 0.1) is 0 Å². The molecule has 4 heteroatoms. The van der Waals surface area contributed by atoms with E-state index in [4.69, 9.17) is 4.74 Å². The lowest BCUT2D eigenvalue weighted by molar-refractivity contribution is 0.0593. The van der Waals surface area contributed by atoms with Gasteiger partial charge in [-0.25, -0.2) is 9.78 Å². The second-order valence-corrected chi connectivity index (χ2v) is 4.98. The zero-order chi connectivity index (χ0) is 15.0. The maximum Gasteiger partial charge on any atom is 0.356 e. The number of esters is 1. The number of hydrogen-bond donors (Lipinski definition) is 1. The monoisotopic (exact) mass is 281 g/mol. The number of ether oxygens (including phenoxy) is 1. The predicted octanol–water partition coefficient (Wildman–Crippen LogP) is 2.66. The van der Waals surface area contributed by atoms with Crippen molar-refractivity contribution in [1.82, 2.24) is 4.98 Å². The van der Waals surface area contributed by atoms with E-state index in [2.05, 4.69) is 11.6 Å². The van der Waals surface area contributed by atoms with Gasteiger partial charge in [0.1, 0.15) is 11.3 Å². The van der Waals surface area contributed by atoms with Gasteiger partial charge in [0.2, 0.25) is 0 Å². The molecule has 2 aromatic rings. The fraction of sp³-hybridized carbons (Fsp3) is 0.176. The van der Waals surface area contributed by atoms with E-state index in [-0.39, 0.29) is 5.69 Å². The molecule has 0 spiro atoms. The van der Waals surface area contributed by atoms with Crippen molar-refractivity contribution < 1.29 is 14.6 Å². The third-order valence-corrected chi connectivity index (χ3v) is 3.80. The Labute approximate surface area is 122 Å². The van der Waals surface area contributed by atoms with Crippen molar-refractivity contribution in [2.24, 2.45) is 0 Å². The maximum absolute atomic E-state index is 11.6. The molecule has 0 aliphatic heterocycles. The lowest BCUT2D eigenvalue weighted by atomic mass is 9.88. The van der Waals surface area contributed by atoms with Gasteiger partial charge in [-0.2, -0.15) is 0 Å². The Balaban J connectivity index is 2.25. The Bertz CT molecular complexity index is 739. The van der Waals surface area contributed by atoms with E-state index in [0.717, 1.165) is 11.1 Å². The van der Waals surface area contributed by atoms with E-state index in [1.807, 2.05) is 24.3 Å². The largest absolute Gasteiger partial charge is 0.464 e. The highest BCUT2D eigenvalue weighted by molar-refractivity contribution is 5.89. The van der Waals surface area contributed by atoms with Crippen molar-refractivity contribution >= 4 is 5.97 Å². The molecule has 1 aliphatic rings. The number of aromatic nitrogens is 1. The number of fused-ring (bicyclic) bond motifs is 3. The highest BCUT2D eigenvalue weighted by Gasteiger charge is 2.41. The topological polar surface area (TPSA) is 59.4 Å². The highest BCUT2D eigenvalue weighted by Crippen LogP contribution is 2.48. The fourth-order valence-corrected chi connectivity index (χ4v) is 2.84. The number of aliphatic hydroxyl groups is 1. The summed E-state index contributed by atoms with van der Waals surface area (Å²) in [5, 5.41) is 11.1. The normalized spacial score (nSPS) is 18.8. The van der Waals surface area contributed by atoms with Crippen molar-refractivity contribution in [3.63, 3.8) is 0 Å². The quantitative estimate of drug-likeness (QED) is 0.694. The van der Waals surface area contributed by atoms with Crippen LogP contribution in [0.3, 0.4) is 0 Å². The molecule has 1 aliphatic carbocycles. The lowest BCUT2D eigenvalue weighted by Gasteiger charge is -2.23. The number of carbonyl (C=O) groups is 1. The number of methoxy groups -OCH3 is 1. The third kappa shape index (κ3) is 1.87. The fourth-order valence-electron chi connectivity index (χ4n) is 2.84. The summed E-state index contributed by atoms with van der Waals surface area (Å²) in [5.41, 5.74) is 2.02. The first kappa shape index (κ1) is 13.5. The van der Waals surface area contributed by atoms with Gasteiger partial charge in [-0.3, -0.25) is 0 Å². The zero-order valence-electron chi connectivity index (χ0n) is 11.7. The second kappa shape index (κ2) is 4.82. The molecule has 1 aromatic heterocycles. The number of rotatable bonds is 3. The Morgan fingerprint density at radius 1 is 1.33 bits per heavy atom. The molecule has 1 aromatic carbocycles. The Morgan fingerprint density at radius 3 is 2.81 bits per heavy atom. The van der Waals surface area contributed by atoms with E-state index < -0.39 is 11.6 Å². The molecule has 21 heavy (non-hydrogen) atoms. The molecule has 1 N–H and O–H groups in total. The van der Waals surface area contributed by atoms with Gasteiger partial charge in [0.15, 0.2) is 0 Å². The average molecular weight is 281 g/mol. The summed E-state index contributed by atoms with van der Waals surface area (Å²) in [6.45, 7) is 3.72. The Morgan fingerprint density at radius 2 is 2.10 bits per heavy atom. The summed E-state index contributed by atoms with van der Waals surface area (Å²) in [5.74, 6) is -0.491. The number of pyridine rings is 1. The summed E-state index contributed by atoms with van der Waals surface area (Å²) in [6, 6.07) is 10.8. The van der Waals surface area contributed by atoms with Crippen LogP contribution in [0.4, 0.5) is 0 Å². The van der Waals surface area contributed by atoms with E-state index in [1.54, 1.807) is 18.2 Å². The van der Waals surface area contributed by atoms with Gasteiger partial charge >= 0.3 is 5.97 Å². The minimum Gasteiger partial charge on any atom is -0.464 e. The summed E-state index contributed by atoms with van der Waals surface area (Å²) >= 11 is 0. The van der Waals surface area contributed by atoms with E-state index in [1.165, 1.54) is 7.11 Å². The molecule has 0 saturated heterocycles. The smallest absolute Gasteiger partial charge is 0.356 e. The summed E-state index contributed by atoms with van der Waals surface area (Å²) in [7, 11) is 1.32. The minimum atomic E-state index is -1.14. The minimum absolute atomic E-state index is 0.230. The van der Waals surface area contributed by atoms with Crippen molar-refractivity contribution in [3.05, 3.63) is 65.9 Å². The number of hydrogen-bond acceptors (Lipinski definition) is 4. The van der Waals surface area contributed by atoms with Crippen LogP contribution in [-0.4, -0.2) is 23.2 Å². The molecule has 3 rings (SSSR count). The summed E-state index contributed by atoms with van der Waals surface area (Å²) in [4.78, 5) is 16.0.